The SMILES string of the molecule is CC1(CCCCCCCO)CCO1. The van der Waals surface area contributed by atoms with Crippen molar-refractivity contribution in [3.8, 4) is 0 Å². The van der Waals surface area contributed by atoms with Crippen LogP contribution in [0.3, 0.4) is 0 Å². The van der Waals surface area contributed by atoms with Gasteiger partial charge in [-0.3, -0.25) is 0 Å². The van der Waals surface area contributed by atoms with E-state index in [1.165, 1.54) is 38.5 Å². The molecule has 13 heavy (non-hydrogen) atoms. The van der Waals surface area contributed by atoms with Crippen molar-refractivity contribution < 1.29 is 9.84 Å². The first kappa shape index (κ1) is 11.0. The topological polar surface area (TPSA) is 29.5 Å². The molecular weight excluding hydrogens is 164 g/mol. The van der Waals surface area contributed by atoms with E-state index in [-0.39, 0.29) is 5.60 Å². The normalized spacial score (nSPS) is 27.2. The van der Waals surface area contributed by atoms with E-state index in [0.29, 0.717) is 6.61 Å². The average molecular weight is 186 g/mol. The van der Waals surface area contributed by atoms with Crippen LogP contribution in [0.2, 0.25) is 0 Å². The predicted octanol–water partition coefficient (Wildman–Crippen LogP) is 2.50. The van der Waals surface area contributed by atoms with Crippen LogP contribution in [0.5, 0.6) is 0 Å². The van der Waals surface area contributed by atoms with Crippen molar-refractivity contribution in [1.82, 2.24) is 0 Å². The first-order valence-electron chi connectivity index (χ1n) is 5.52. The lowest BCUT2D eigenvalue weighted by atomic mass is 9.90. The van der Waals surface area contributed by atoms with Crippen molar-refractivity contribution in [1.29, 1.82) is 0 Å². The standard InChI is InChI=1S/C11H22O2/c1-11(8-10-13-11)7-5-3-2-4-6-9-12/h12H,2-10H2,1H3. The van der Waals surface area contributed by atoms with Crippen LogP contribution in [0.25, 0.3) is 0 Å². The van der Waals surface area contributed by atoms with E-state index in [4.69, 9.17) is 9.84 Å². The fourth-order valence-corrected chi connectivity index (χ4v) is 1.79. The van der Waals surface area contributed by atoms with Gasteiger partial charge in [0.2, 0.25) is 0 Å². The highest BCUT2D eigenvalue weighted by atomic mass is 16.5. The number of unbranched alkanes of at least 4 members (excludes halogenated alkanes) is 4. The van der Waals surface area contributed by atoms with Crippen LogP contribution in [0, 0.1) is 0 Å². The Labute approximate surface area is 81.3 Å². The number of rotatable bonds is 7. The minimum absolute atomic E-state index is 0.219. The minimum atomic E-state index is 0.219. The maximum Gasteiger partial charge on any atom is 0.0676 e. The predicted molar refractivity (Wildman–Crippen MR) is 53.8 cm³/mol. The van der Waals surface area contributed by atoms with Crippen molar-refractivity contribution in [2.45, 2.75) is 57.5 Å². The van der Waals surface area contributed by atoms with Crippen molar-refractivity contribution in [2.24, 2.45) is 0 Å². The number of aliphatic hydroxyl groups excluding tert-OH is 1. The van der Waals surface area contributed by atoms with E-state index in [1.54, 1.807) is 0 Å². The van der Waals surface area contributed by atoms with Crippen LogP contribution >= 0.6 is 0 Å². The van der Waals surface area contributed by atoms with Crippen LogP contribution in [-0.2, 0) is 4.74 Å². The van der Waals surface area contributed by atoms with Gasteiger partial charge in [0.25, 0.3) is 0 Å². The molecule has 1 rings (SSSR count). The smallest absolute Gasteiger partial charge is 0.0676 e. The van der Waals surface area contributed by atoms with E-state index in [0.717, 1.165) is 13.0 Å². The monoisotopic (exact) mass is 186 g/mol. The molecule has 1 N–H and O–H groups in total. The second-order valence-corrected chi connectivity index (χ2v) is 4.29. The molecular formula is C11H22O2. The Balaban J connectivity index is 1.83. The van der Waals surface area contributed by atoms with Crippen LogP contribution in [-0.4, -0.2) is 23.9 Å². The zero-order valence-corrected chi connectivity index (χ0v) is 8.72. The summed E-state index contributed by atoms with van der Waals surface area (Å²) in [6.07, 6.45) is 8.43. The maximum atomic E-state index is 8.58. The Hall–Kier alpha value is -0.0800. The molecule has 1 fully saturated rings. The van der Waals surface area contributed by atoms with E-state index in [1.807, 2.05) is 0 Å². The lowest BCUT2D eigenvalue weighted by molar-refractivity contribution is -0.139. The zero-order chi connectivity index (χ0) is 9.57. The van der Waals surface area contributed by atoms with Crippen molar-refractivity contribution in [3.63, 3.8) is 0 Å². The summed E-state index contributed by atoms with van der Waals surface area (Å²) in [5, 5.41) is 8.58. The van der Waals surface area contributed by atoms with E-state index in [2.05, 4.69) is 6.92 Å². The molecule has 1 saturated heterocycles. The zero-order valence-electron chi connectivity index (χ0n) is 8.72. The van der Waals surface area contributed by atoms with Crippen LogP contribution in [0.15, 0.2) is 0 Å². The van der Waals surface area contributed by atoms with Gasteiger partial charge in [-0.2, -0.15) is 0 Å². The molecule has 0 aromatic rings. The van der Waals surface area contributed by atoms with Gasteiger partial charge < -0.3 is 9.84 Å². The van der Waals surface area contributed by atoms with Crippen LogP contribution < -0.4 is 0 Å². The molecule has 1 unspecified atom stereocenters. The Morgan fingerprint density at radius 2 is 1.77 bits per heavy atom. The third-order valence-corrected chi connectivity index (χ3v) is 2.95. The van der Waals surface area contributed by atoms with E-state index in [9.17, 15) is 0 Å². The molecule has 1 heterocycles. The van der Waals surface area contributed by atoms with Crippen molar-refractivity contribution in [3.05, 3.63) is 0 Å². The van der Waals surface area contributed by atoms with Crippen LogP contribution in [0.1, 0.15) is 51.9 Å². The van der Waals surface area contributed by atoms with Gasteiger partial charge in [0, 0.05) is 6.61 Å². The average Bonchev–Trinajstić information content (AvgIpc) is 2.08. The summed E-state index contributed by atoms with van der Waals surface area (Å²) in [4.78, 5) is 0. The highest BCUT2D eigenvalue weighted by Crippen LogP contribution is 2.31. The van der Waals surface area contributed by atoms with Gasteiger partial charge in [-0.05, 0) is 26.2 Å². The molecule has 0 amide bonds. The third-order valence-electron chi connectivity index (χ3n) is 2.95. The Morgan fingerprint density at radius 1 is 1.15 bits per heavy atom. The van der Waals surface area contributed by atoms with Gasteiger partial charge in [-0.25, -0.2) is 0 Å². The molecule has 0 aromatic heterocycles. The van der Waals surface area contributed by atoms with Gasteiger partial charge >= 0.3 is 0 Å². The molecule has 1 aliphatic rings. The summed E-state index contributed by atoms with van der Waals surface area (Å²) in [5.41, 5.74) is 0.219. The fraction of sp³-hybridized carbons (Fsp3) is 1.00. The summed E-state index contributed by atoms with van der Waals surface area (Å²) in [7, 11) is 0. The minimum Gasteiger partial charge on any atom is -0.396 e. The molecule has 0 aliphatic carbocycles. The highest BCUT2D eigenvalue weighted by Gasteiger charge is 2.31. The Morgan fingerprint density at radius 3 is 2.31 bits per heavy atom. The van der Waals surface area contributed by atoms with Crippen molar-refractivity contribution >= 4 is 0 Å². The largest absolute Gasteiger partial charge is 0.396 e. The lowest BCUT2D eigenvalue weighted by Gasteiger charge is -2.38. The molecule has 2 nitrogen and oxygen atoms in total. The molecule has 0 saturated carbocycles. The quantitative estimate of drug-likeness (QED) is 0.619. The highest BCUT2D eigenvalue weighted by molar-refractivity contribution is 4.81. The third kappa shape index (κ3) is 4.10. The number of ether oxygens (including phenoxy) is 1. The molecule has 0 spiro atoms. The number of hydrogen-bond acceptors (Lipinski definition) is 2. The van der Waals surface area contributed by atoms with Gasteiger partial charge in [-0.15, -0.1) is 0 Å². The molecule has 1 atom stereocenters. The fourth-order valence-electron chi connectivity index (χ4n) is 1.79. The molecule has 1 aliphatic heterocycles. The first-order chi connectivity index (χ1) is 6.27. The van der Waals surface area contributed by atoms with E-state index >= 15 is 0 Å². The second kappa shape index (κ2) is 5.61. The van der Waals surface area contributed by atoms with Gasteiger partial charge in [0.05, 0.1) is 12.2 Å². The Bertz CT molecular complexity index is 130. The maximum absolute atomic E-state index is 8.58. The van der Waals surface area contributed by atoms with Gasteiger partial charge in [-0.1, -0.05) is 25.7 Å². The summed E-state index contributed by atoms with van der Waals surface area (Å²) in [6.45, 7) is 3.52. The summed E-state index contributed by atoms with van der Waals surface area (Å²) >= 11 is 0. The summed E-state index contributed by atoms with van der Waals surface area (Å²) in [5.74, 6) is 0. The molecule has 78 valence electrons. The lowest BCUT2D eigenvalue weighted by Crippen LogP contribution is -2.40. The molecule has 2 heteroatoms. The van der Waals surface area contributed by atoms with Crippen LogP contribution in [0.4, 0.5) is 0 Å². The number of aliphatic hydroxyl groups is 1. The summed E-state index contributed by atoms with van der Waals surface area (Å²) in [6, 6.07) is 0. The summed E-state index contributed by atoms with van der Waals surface area (Å²) < 4.78 is 5.51. The second-order valence-electron chi connectivity index (χ2n) is 4.29. The molecule has 0 bridgehead atoms. The molecule has 0 aromatic carbocycles. The van der Waals surface area contributed by atoms with Gasteiger partial charge in [0.1, 0.15) is 0 Å². The van der Waals surface area contributed by atoms with Gasteiger partial charge in [0.15, 0.2) is 0 Å². The number of hydrogen-bond donors (Lipinski definition) is 1. The molecule has 0 radical (unpaired) electrons. The Kier molecular flexibility index (Phi) is 4.74. The first-order valence-corrected chi connectivity index (χ1v) is 5.52. The van der Waals surface area contributed by atoms with E-state index < -0.39 is 0 Å². The van der Waals surface area contributed by atoms with Crippen molar-refractivity contribution in [2.75, 3.05) is 13.2 Å².